The molecule has 0 aromatic heterocycles. The van der Waals surface area contributed by atoms with Crippen LogP contribution in [0.4, 0.5) is 0 Å². The normalized spacial score (nSPS) is 43.4. The summed E-state index contributed by atoms with van der Waals surface area (Å²) in [6.45, 7) is 6.75. The minimum atomic E-state index is -1.01. The van der Waals surface area contributed by atoms with Crippen molar-refractivity contribution in [2.24, 2.45) is 40.4 Å². The minimum absolute atomic E-state index is 0.104. The van der Waals surface area contributed by atoms with Gasteiger partial charge in [-0.1, -0.05) is 26.3 Å². The van der Waals surface area contributed by atoms with Crippen molar-refractivity contribution in [2.75, 3.05) is 0 Å². The van der Waals surface area contributed by atoms with Crippen molar-refractivity contribution in [1.29, 1.82) is 0 Å². The molecule has 7 atom stereocenters. The maximum absolute atomic E-state index is 12.5. The van der Waals surface area contributed by atoms with E-state index < -0.39 is 5.97 Å². The van der Waals surface area contributed by atoms with Crippen molar-refractivity contribution in [3.05, 3.63) is 11.6 Å². The van der Waals surface area contributed by atoms with Gasteiger partial charge in [0.1, 0.15) is 12.2 Å². The number of hydrogen-bond acceptors (Lipinski definition) is 3. The molecule has 4 heteroatoms. The Morgan fingerprint density at radius 1 is 1.11 bits per heavy atom. The number of carboxylic acid groups (broad SMARTS) is 1. The van der Waals surface area contributed by atoms with Gasteiger partial charge in [-0.3, -0.25) is 14.4 Å². The third-order valence-electron chi connectivity index (χ3n) is 9.47. The van der Waals surface area contributed by atoms with Crippen molar-refractivity contribution in [1.82, 2.24) is 0 Å². The molecule has 4 aliphatic carbocycles. The van der Waals surface area contributed by atoms with Crippen molar-refractivity contribution >= 4 is 17.5 Å². The molecule has 154 valence electrons. The number of fused-ring (bicyclic) bond motifs is 5. The lowest BCUT2D eigenvalue weighted by Gasteiger charge is -2.58. The molecular formula is C24H34O4. The van der Waals surface area contributed by atoms with Gasteiger partial charge in [-0.05, 0) is 85.5 Å². The summed E-state index contributed by atoms with van der Waals surface area (Å²) in [5.74, 6) is 1.31. The highest BCUT2D eigenvalue weighted by Crippen LogP contribution is 2.67. The van der Waals surface area contributed by atoms with Gasteiger partial charge in [0, 0.05) is 12.3 Å². The molecule has 0 spiro atoms. The average Bonchev–Trinajstić information content (AvgIpc) is 2.98. The zero-order chi connectivity index (χ0) is 20.3. The van der Waals surface area contributed by atoms with E-state index in [0.717, 1.165) is 25.7 Å². The predicted molar refractivity (Wildman–Crippen MR) is 107 cm³/mol. The highest BCUT2D eigenvalue weighted by Gasteiger charge is 2.59. The lowest BCUT2D eigenvalue weighted by molar-refractivity contribution is -0.142. The molecule has 0 unspecified atom stereocenters. The van der Waals surface area contributed by atoms with E-state index in [9.17, 15) is 14.4 Å². The molecular weight excluding hydrogens is 352 g/mol. The van der Waals surface area contributed by atoms with E-state index >= 15 is 0 Å². The SMILES string of the molecule is C[C@H](C(=O)CC(=O)O)[C@H]1CC[C@H]2[C@@H]3CCC4=CC(=O)CC[C@]4(C)[C@H]3CC[C@]12C. The van der Waals surface area contributed by atoms with Crippen LogP contribution in [0.3, 0.4) is 0 Å². The Morgan fingerprint density at radius 2 is 1.86 bits per heavy atom. The Balaban J connectivity index is 1.57. The maximum atomic E-state index is 12.5. The highest BCUT2D eigenvalue weighted by molar-refractivity contribution is 5.96. The van der Waals surface area contributed by atoms with Crippen LogP contribution in [0.2, 0.25) is 0 Å². The molecule has 4 nitrogen and oxygen atoms in total. The highest BCUT2D eigenvalue weighted by atomic mass is 16.4. The van der Waals surface area contributed by atoms with Crippen LogP contribution in [0.15, 0.2) is 11.6 Å². The van der Waals surface area contributed by atoms with Crippen LogP contribution >= 0.6 is 0 Å². The Labute approximate surface area is 168 Å². The van der Waals surface area contributed by atoms with Crippen LogP contribution in [-0.4, -0.2) is 22.6 Å². The monoisotopic (exact) mass is 386 g/mol. The number of aliphatic carboxylic acids is 1. The molecule has 4 rings (SSSR count). The topological polar surface area (TPSA) is 71.4 Å². The number of rotatable bonds is 4. The summed E-state index contributed by atoms with van der Waals surface area (Å²) in [4.78, 5) is 35.5. The summed E-state index contributed by atoms with van der Waals surface area (Å²) < 4.78 is 0. The van der Waals surface area contributed by atoms with Crippen molar-refractivity contribution in [3.8, 4) is 0 Å². The van der Waals surface area contributed by atoms with Crippen LogP contribution in [0.25, 0.3) is 0 Å². The van der Waals surface area contributed by atoms with E-state index in [1.54, 1.807) is 0 Å². The molecule has 3 fully saturated rings. The molecule has 28 heavy (non-hydrogen) atoms. The van der Waals surface area contributed by atoms with E-state index in [1.807, 2.05) is 13.0 Å². The molecule has 0 amide bonds. The summed E-state index contributed by atoms with van der Waals surface area (Å²) in [6.07, 6.45) is 10.0. The van der Waals surface area contributed by atoms with Crippen LogP contribution in [0, 0.1) is 40.4 Å². The number of allylic oxidation sites excluding steroid dienone is 1. The molecule has 3 saturated carbocycles. The lowest BCUT2D eigenvalue weighted by atomic mass is 9.46. The Kier molecular flexibility index (Phi) is 4.83. The molecule has 0 radical (unpaired) electrons. The largest absolute Gasteiger partial charge is 0.481 e. The molecule has 0 aliphatic heterocycles. The second-order valence-corrected chi connectivity index (χ2v) is 10.5. The van der Waals surface area contributed by atoms with Gasteiger partial charge in [0.25, 0.3) is 0 Å². The smallest absolute Gasteiger partial charge is 0.310 e. The fraction of sp³-hybridized carbons (Fsp3) is 0.792. The van der Waals surface area contributed by atoms with Gasteiger partial charge < -0.3 is 5.11 Å². The van der Waals surface area contributed by atoms with E-state index in [4.69, 9.17) is 5.11 Å². The van der Waals surface area contributed by atoms with Gasteiger partial charge >= 0.3 is 5.97 Å². The zero-order valence-electron chi connectivity index (χ0n) is 17.5. The van der Waals surface area contributed by atoms with Gasteiger partial charge in [0.05, 0.1) is 0 Å². The molecule has 0 saturated heterocycles. The van der Waals surface area contributed by atoms with E-state index in [0.29, 0.717) is 35.9 Å². The minimum Gasteiger partial charge on any atom is -0.481 e. The molecule has 4 aliphatic rings. The van der Waals surface area contributed by atoms with E-state index in [1.165, 1.54) is 24.8 Å². The first-order valence-electron chi connectivity index (χ1n) is 11.1. The first-order valence-corrected chi connectivity index (χ1v) is 11.1. The van der Waals surface area contributed by atoms with Gasteiger partial charge in [-0.2, -0.15) is 0 Å². The third kappa shape index (κ3) is 2.90. The molecule has 0 aromatic rings. The molecule has 1 N–H and O–H groups in total. The quantitative estimate of drug-likeness (QED) is 0.704. The van der Waals surface area contributed by atoms with Gasteiger partial charge in [-0.15, -0.1) is 0 Å². The maximum Gasteiger partial charge on any atom is 0.310 e. The molecule has 0 heterocycles. The molecule has 0 bridgehead atoms. The van der Waals surface area contributed by atoms with E-state index in [-0.39, 0.29) is 29.0 Å². The fourth-order valence-corrected chi connectivity index (χ4v) is 7.96. The Morgan fingerprint density at radius 3 is 2.57 bits per heavy atom. The van der Waals surface area contributed by atoms with Gasteiger partial charge in [-0.25, -0.2) is 0 Å². The number of carbonyl (C=O) groups is 3. The van der Waals surface area contributed by atoms with Crippen LogP contribution in [-0.2, 0) is 14.4 Å². The Hall–Kier alpha value is -1.45. The number of Topliss-reactive ketones (excluding diaryl/α,β-unsaturated/α-hetero) is 1. The zero-order valence-corrected chi connectivity index (χ0v) is 17.5. The first kappa shape index (κ1) is 19.8. The summed E-state index contributed by atoms with van der Waals surface area (Å²) in [5.41, 5.74) is 1.73. The number of hydrogen-bond donors (Lipinski definition) is 1. The number of carbonyl (C=O) groups excluding carboxylic acids is 2. The number of carboxylic acids is 1. The predicted octanol–water partition coefficient (Wildman–Crippen LogP) is 4.81. The van der Waals surface area contributed by atoms with Crippen LogP contribution < -0.4 is 0 Å². The summed E-state index contributed by atoms with van der Waals surface area (Å²) >= 11 is 0. The second kappa shape index (κ2) is 6.81. The standard InChI is InChI=1S/C24H34O4/c1-14(21(26)13-22(27)28)18-6-7-19-17-5-4-15-12-16(25)8-10-23(15,2)20(17)9-11-24(18,19)3/h12,14,17-20H,4-11,13H2,1-3H3,(H,27,28)/t14-,17-,18+,19-,20-,23-,24+/m0/s1. The fourth-order valence-electron chi connectivity index (χ4n) is 7.96. The summed E-state index contributed by atoms with van der Waals surface area (Å²) in [6, 6.07) is 0. The second-order valence-electron chi connectivity index (χ2n) is 10.5. The average molecular weight is 387 g/mol. The molecule has 0 aromatic carbocycles. The van der Waals surface area contributed by atoms with E-state index in [2.05, 4.69) is 13.8 Å². The van der Waals surface area contributed by atoms with Gasteiger partial charge in [0.2, 0.25) is 0 Å². The van der Waals surface area contributed by atoms with Crippen molar-refractivity contribution in [3.63, 3.8) is 0 Å². The first-order chi connectivity index (χ1) is 13.2. The van der Waals surface area contributed by atoms with Crippen molar-refractivity contribution in [2.45, 2.75) is 78.6 Å². The Bertz CT molecular complexity index is 737. The lowest BCUT2D eigenvalue weighted by Crippen LogP contribution is -2.51. The number of ketones is 2. The third-order valence-corrected chi connectivity index (χ3v) is 9.47. The van der Waals surface area contributed by atoms with Crippen LogP contribution in [0.1, 0.15) is 78.6 Å². The summed E-state index contributed by atoms with van der Waals surface area (Å²) in [5, 5.41) is 9.03. The van der Waals surface area contributed by atoms with Crippen LogP contribution in [0.5, 0.6) is 0 Å². The van der Waals surface area contributed by atoms with Crippen molar-refractivity contribution < 1.29 is 19.5 Å². The van der Waals surface area contributed by atoms with Gasteiger partial charge in [0.15, 0.2) is 5.78 Å². The summed E-state index contributed by atoms with van der Waals surface area (Å²) in [7, 11) is 0.